The minimum atomic E-state index is -0.764. The van der Waals surface area contributed by atoms with E-state index in [4.69, 9.17) is 14.9 Å². The van der Waals surface area contributed by atoms with E-state index < -0.39 is 5.97 Å². The van der Waals surface area contributed by atoms with Gasteiger partial charge in [-0.15, -0.1) is 0 Å². The lowest BCUT2D eigenvalue weighted by molar-refractivity contribution is -0.375. The first kappa shape index (κ1) is 15.4. The Labute approximate surface area is 97.9 Å². The summed E-state index contributed by atoms with van der Waals surface area (Å²) in [6.45, 7) is 9.53. The number of hydrogen-bond donors (Lipinski definition) is 1. The molecule has 96 valence electrons. The standard InChI is InChI=1S/C12H24O4/c1-6-9(11(13)14)8-10(7-2)15-16-12(3,4)5/h9-10H,6-8H2,1-5H3,(H,13,14). The van der Waals surface area contributed by atoms with Crippen LogP contribution in [0.2, 0.25) is 0 Å². The van der Waals surface area contributed by atoms with E-state index in [1.54, 1.807) is 0 Å². The first-order chi connectivity index (χ1) is 7.30. The number of hydrogen-bond acceptors (Lipinski definition) is 3. The average molecular weight is 232 g/mol. The lowest BCUT2D eigenvalue weighted by Gasteiger charge is -2.24. The van der Waals surface area contributed by atoms with E-state index in [1.807, 2.05) is 34.6 Å². The van der Waals surface area contributed by atoms with Crippen molar-refractivity contribution in [3.63, 3.8) is 0 Å². The molecule has 0 saturated carbocycles. The molecule has 2 unspecified atom stereocenters. The van der Waals surface area contributed by atoms with Gasteiger partial charge in [0.1, 0.15) is 0 Å². The molecule has 0 aromatic rings. The summed E-state index contributed by atoms with van der Waals surface area (Å²) >= 11 is 0. The van der Waals surface area contributed by atoms with Gasteiger partial charge >= 0.3 is 5.97 Å². The largest absolute Gasteiger partial charge is 0.481 e. The van der Waals surface area contributed by atoms with Crippen molar-refractivity contribution < 1.29 is 19.7 Å². The molecule has 0 aliphatic rings. The van der Waals surface area contributed by atoms with Crippen LogP contribution >= 0.6 is 0 Å². The molecule has 0 aliphatic heterocycles. The topological polar surface area (TPSA) is 55.8 Å². The van der Waals surface area contributed by atoms with Gasteiger partial charge in [0.15, 0.2) is 0 Å². The molecule has 0 heterocycles. The first-order valence-corrected chi connectivity index (χ1v) is 5.87. The van der Waals surface area contributed by atoms with E-state index in [-0.39, 0.29) is 17.6 Å². The van der Waals surface area contributed by atoms with Gasteiger partial charge in [0.05, 0.1) is 17.6 Å². The Morgan fingerprint density at radius 2 is 1.81 bits per heavy atom. The normalized spacial score (nSPS) is 15.8. The Hall–Kier alpha value is -0.610. The molecule has 0 aromatic heterocycles. The molecule has 0 radical (unpaired) electrons. The second-order valence-corrected chi connectivity index (χ2v) is 5.00. The van der Waals surface area contributed by atoms with Crippen LogP contribution in [-0.2, 0) is 14.6 Å². The van der Waals surface area contributed by atoms with Crippen molar-refractivity contribution in [3.8, 4) is 0 Å². The second kappa shape index (κ2) is 6.86. The maximum atomic E-state index is 10.9. The van der Waals surface area contributed by atoms with Crippen LogP contribution in [0.3, 0.4) is 0 Å². The third kappa shape index (κ3) is 6.80. The summed E-state index contributed by atoms with van der Waals surface area (Å²) in [5, 5.41) is 8.95. The summed E-state index contributed by atoms with van der Waals surface area (Å²) in [5.41, 5.74) is -0.363. The highest BCUT2D eigenvalue weighted by Crippen LogP contribution is 2.18. The number of aliphatic carboxylic acids is 1. The van der Waals surface area contributed by atoms with Crippen LogP contribution in [0.25, 0.3) is 0 Å². The van der Waals surface area contributed by atoms with Gasteiger partial charge in [-0.05, 0) is 40.0 Å². The monoisotopic (exact) mass is 232 g/mol. The molecule has 2 atom stereocenters. The molecular formula is C12H24O4. The van der Waals surface area contributed by atoms with Crippen molar-refractivity contribution >= 4 is 5.97 Å². The van der Waals surface area contributed by atoms with E-state index >= 15 is 0 Å². The van der Waals surface area contributed by atoms with Crippen molar-refractivity contribution in [1.82, 2.24) is 0 Å². The van der Waals surface area contributed by atoms with Crippen LogP contribution in [-0.4, -0.2) is 22.8 Å². The van der Waals surface area contributed by atoms with Crippen molar-refractivity contribution in [3.05, 3.63) is 0 Å². The highest BCUT2D eigenvalue weighted by molar-refractivity contribution is 5.69. The molecule has 0 rings (SSSR count). The summed E-state index contributed by atoms with van der Waals surface area (Å²) in [5.74, 6) is -1.12. The van der Waals surface area contributed by atoms with E-state index in [1.165, 1.54) is 0 Å². The maximum absolute atomic E-state index is 10.9. The fraction of sp³-hybridized carbons (Fsp3) is 0.917. The summed E-state index contributed by atoms with van der Waals surface area (Å²) in [6.07, 6.45) is 1.71. The molecule has 0 aliphatic carbocycles. The predicted octanol–water partition coefficient (Wildman–Crippen LogP) is 3.01. The Balaban J connectivity index is 4.13. The molecule has 1 N–H and O–H groups in total. The van der Waals surface area contributed by atoms with Crippen molar-refractivity contribution in [2.75, 3.05) is 0 Å². The molecule has 0 bridgehead atoms. The Bertz CT molecular complexity index is 208. The predicted molar refractivity (Wildman–Crippen MR) is 62.0 cm³/mol. The summed E-state index contributed by atoms with van der Waals surface area (Å²) in [7, 11) is 0. The molecule has 16 heavy (non-hydrogen) atoms. The zero-order valence-electron chi connectivity index (χ0n) is 10.9. The zero-order valence-corrected chi connectivity index (χ0v) is 10.9. The van der Waals surface area contributed by atoms with Gasteiger partial charge in [-0.1, -0.05) is 13.8 Å². The summed E-state index contributed by atoms with van der Waals surface area (Å²) in [4.78, 5) is 21.4. The fourth-order valence-corrected chi connectivity index (χ4v) is 1.25. The minimum absolute atomic E-state index is 0.153. The zero-order chi connectivity index (χ0) is 12.8. The van der Waals surface area contributed by atoms with Gasteiger partial charge in [-0.3, -0.25) is 4.79 Å². The van der Waals surface area contributed by atoms with Crippen LogP contribution in [0.15, 0.2) is 0 Å². The molecule has 0 saturated heterocycles. The Morgan fingerprint density at radius 3 is 2.12 bits per heavy atom. The Morgan fingerprint density at radius 1 is 1.25 bits per heavy atom. The summed E-state index contributed by atoms with van der Waals surface area (Å²) < 4.78 is 0. The minimum Gasteiger partial charge on any atom is -0.481 e. The third-order valence-corrected chi connectivity index (χ3v) is 2.28. The molecule has 4 heteroatoms. The van der Waals surface area contributed by atoms with Gasteiger partial charge in [0, 0.05) is 0 Å². The maximum Gasteiger partial charge on any atom is 0.306 e. The number of carboxylic acid groups (broad SMARTS) is 1. The van der Waals surface area contributed by atoms with Gasteiger partial charge in [0.25, 0.3) is 0 Å². The first-order valence-electron chi connectivity index (χ1n) is 5.87. The van der Waals surface area contributed by atoms with Crippen LogP contribution in [0.5, 0.6) is 0 Å². The van der Waals surface area contributed by atoms with Crippen LogP contribution < -0.4 is 0 Å². The van der Waals surface area contributed by atoms with Crippen molar-refractivity contribution in [2.24, 2.45) is 5.92 Å². The van der Waals surface area contributed by atoms with E-state index in [0.29, 0.717) is 12.8 Å². The second-order valence-electron chi connectivity index (χ2n) is 5.00. The molecule has 0 amide bonds. The molecule has 0 spiro atoms. The van der Waals surface area contributed by atoms with Gasteiger partial charge in [-0.2, -0.15) is 0 Å². The van der Waals surface area contributed by atoms with E-state index in [2.05, 4.69) is 0 Å². The molecule has 4 nitrogen and oxygen atoms in total. The van der Waals surface area contributed by atoms with Gasteiger partial charge in [-0.25, -0.2) is 9.78 Å². The van der Waals surface area contributed by atoms with Crippen LogP contribution in [0, 0.1) is 5.92 Å². The SMILES string of the molecule is CCC(CC(CC)C(=O)O)OOC(C)(C)C. The third-order valence-electron chi connectivity index (χ3n) is 2.28. The number of carboxylic acids is 1. The number of carbonyl (C=O) groups is 1. The molecular weight excluding hydrogens is 208 g/mol. The quantitative estimate of drug-likeness (QED) is 0.541. The Kier molecular flexibility index (Phi) is 6.60. The average Bonchev–Trinajstić information content (AvgIpc) is 2.16. The van der Waals surface area contributed by atoms with Gasteiger partial charge < -0.3 is 5.11 Å². The van der Waals surface area contributed by atoms with Gasteiger partial charge in [0.2, 0.25) is 0 Å². The van der Waals surface area contributed by atoms with Crippen LogP contribution in [0.4, 0.5) is 0 Å². The highest BCUT2D eigenvalue weighted by atomic mass is 17.2. The lowest BCUT2D eigenvalue weighted by atomic mass is 9.98. The van der Waals surface area contributed by atoms with E-state index in [9.17, 15) is 4.79 Å². The highest BCUT2D eigenvalue weighted by Gasteiger charge is 2.23. The van der Waals surface area contributed by atoms with E-state index in [0.717, 1.165) is 6.42 Å². The molecule has 0 aromatic carbocycles. The van der Waals surface area contributed by atoms with Crippen molar-refractivity contribution in [1.29, 1.82) is 0 Å². The smallest absolute Gasteiger partial charge is 0.306 e. The summed E-state index contributed by atoms with van der Waals surface area (Å²) in [6, 6.07) is 0. The lowest BCUT2D eigenvalue weighted by Crippen LogP contribution is -2.27. The fourth-order valence-electron chi connectivity index (χ4n) is 1.25. The number of rotatable bonds is 7. The van der Waals surface area contributed by atoms with Crippen molar-refractivity contribution in [2.45, 2.75) is 65.6 Å². The van der Waals surface area contributed by atoms with Crippen LogP contribution in [0.1, 0.15) is 53.9 Å². The molecule has 0 fully saturated rings.